The summed E-state index contributed by atoms with van der Waals surface area (Å²) in [6.45, 7) is 3.44. The molecule has 0 aromatic rings. The van der Waals surface area contributed by atoms with Crippen LogP contribution in [0.1, 0.15) is 39.0 Å². The van der Waals surface area contributed by atoms with E-state index in [9.17, 15) is 14.7 Å². The van der Waals surface area contributed by atoms with Crippen molar-refractivity contribution in [3.8, 4) is 0 Å². The number of carbonyl (C=O) groups excluding carboxylic acids is 1. The van der Waals surface area contributed by atoms with Crippen LogP contribution in [0.4, 0.5) is 4.79 Å². The molecule has 1 saturated heterocycles. The summed E-state index contributed by atoms with van der Waals surface area (Å²) in [5.41, 5.74) is 0.254. The van der Waals surface area contributed by atoms with E-state index in [0.29, 0.717) is 19.0 Å². The van der Waals surface area contributed by atoms with Gasteiger partial charge in [-0.1, -0.05) is 13.3 Å². The standard InChI is InChI=1S/C14H22N2O3/c1-14(5-6-14)8-15-13(19)16-7-9-3-2-4-10(9)11(16)12(17)18/h9-11H,2-8H2,1H3,(H,15,19)(H,17,18). The second kappa shape index (κ2) is 4.39. The number of nitrogens with zero attached hydrogens (tertiary/aromatic N) is 1. The highest BCUT2D eigenvalue weighted by molar-refractivity contribution is 5.83. The Kier molecular flexibility index (Phi) is 2.95. The Bertz CT molecular complexity index is 405. The molecule has 0 radical (unpaired) electrons. The Morgan fingerprint density at radius 1 is 1.37 bits per heavy atom. The molecule has 1 heterocycles. The fourth-order valence-electron chi connectivity index (χ4n) is 3.61. The minimum atomic E-state index is -0.845. The average molecular weight is 266 g/mol. The molecule has 5 heteroatoms. The van der Waals surface area contributed by atoms with Crippen LogP contribution in [0.5, 0.6) is 0 Å². The molecule has 106 valence electrons. The van der Waals surface area contributed by atoms with Crippen molar-refractivity contribution in [2.75, 3.05) is 13.1 Å². The van der Waals surface area contributed by atoms with E-state index in [-0.39, 0.29) is 17.4 Å². The zero-order valence-electron chi connectivity index (χ0n) is 11.4. The fourth-order valence-corrected chi connectivity index (χ4v) is 3.61. The molecule has 5 nitrogen and oxygen atoms in total. The molecule has 0 aromatic carbocycles. The lowest BCUT2D eigenvalue weighted by Gasteiger charge is -2.25. The zero-order valence-corrected chi connectivity index (χ0v) is 11.4. The average Bonchev–Trinajstić information content (AvgIpc) is 2.78. The van der Waals surface area contributed by atoms with Crippen molar-refractivity contribution in [2.24, 2.45) is 17.3 Å². The third-order valence-corrected chi connectivity index (χ3v) is 5.17. The molecule has 0 bridgehead atoms. The molecule has 2 aliphatic carbocycles. The molecule has 2 saturated carbocycles. The summed E-state index contributed by atoms with van der Waals surface area (Å²) in [7, 11) is 0. The van der Waals surface area contributed by atoms with Gasteiger partial charge in [0.05, 0.1) is 0 Å². The van der Waals surface area contributed by atoms with E-state index in [1.165, 1.54) is 0 Å². The van der Waals surface area contributed by atoms with Gasteiger partial charge in [-0.25, -0.2) is 9.59 Å². The molecule has 1 aliphatic heterocycles. The number of likely N-dealkylation sites (tertiary alicyclic amines) is 1. The number of carboxylic acids is 1. The lowest BCUT2D eigenvalue weighted by atomic mass is 9.94. The summed E-state index contributed by atoms with van der Waals surface area (Å²) < 4.78 is 0. The summed E-state index contributed by atoms with van der Waals surface area (Å²) in [5, 5.41) is 12.3. The van der Waals surface area contributed by atoms with Gasteiger partial charge in [0.25, 0.3) is 0 Å². The van der Waals surface area contributed by atoms with Crippen LogP contribution in [0.15, 0.2) is 0 Å². The van der Waals surface area contributed by atoms with Crippen LogP contribution in [0.2, 0.25) is 0 Å². The number of hydrogen-bond acceptors (Lipinski definition) is 2. The first-order valence-electron chi connectivity index (χ1n) is 7.27. The second-order valence-electron chi connectivity index (χ2n) is 6.76. The Morgan fingerprint density at radius 3 is 2.74 bits per heavy atom. The SMILES string of the molecule is CC1(CNC(=O)N2CC3CCCC3C2C(=O)O)CC1. The molecular formula is C14H22N2O3. The predicted molar refractivity (Wildman–Crippen MR) is 69.7 cm³/mol. The first-order valence-corrected chi connectivity index (χ1v) is 7.27. The molecule has 19 heavy (non-hydrogen) atoms. The maximum atomic E-state index is 12.2. The number of urea groups is 1. The van der Waals surface area contributed by atoms with Crippen LogP contribution in [0, 0.1) is 17.3 Å². The molecule has 2 N–H and O–H groups in total. The van der Waals surface area contributed by atoms with Crippen LogP contribution in [0.25, 0.3) is 0 Å². The first kappa shape index (κ1) is 12.8. The van der Waals surface area contributed by atoms with Gasteiger partial charge in [0.15, 0.2) is 0 Å². The minimum Gasteiger partial charge on any atom is -0.480 e. The largest absolute Gasteiger partial charge is 0.480 e. The summed E-state index contributed by atoms with van der Waals surface area (Å²) in [6, 6.07) is -0.797. The number of nitrogens with one attached hydrogen (secondary N) is 1. The molecule has 3 aliphatic rings. The number of rotatable bonds is 3. The third kappa shape index (κ3) is 2.30. The van der Waals surface area contributed by atoms with Gasteiger partial charge in [0, 0.05) is 13.1 Å². The minimum absolute atomic E-state index is 0.166. The van der Waals surface area contributed by atoms with Crippen LogP contribution >= 0.6 is 0 Å². The number of fused-ring (bicyclic) bond motifs is 1. The fraction of sp³-hybridized carbons (Fsp3) is 0.857. The molecule has 2 amide bonds. The van der Waals surface area contributed by atoms with Gasteiger partial charge in [0.2, 0.25) is 0 Å². The maximum Gasteiger partial charge on any atom is 0.326 e. The summed E-state index contributed by atoms with van der Waals surface area (Å²) in [4.78, 5) is 25.2. The van der Waals surface area contributed by atoms with E-state index in [0.717, 1.165) is 32.1 Å². The van der Waals surface area contributed by atoms with Crippen molar-refractivity contribution < 1.29 is 14.7 Å². The third-order valence-electron chi connectivity index (χ3n) is 5.17. The van der Waals surface area contributed by atoms with Crippen LogP contribution in [-0.2, 0) is 4.79 Å². The molecule has 3 atom stereocenters. The monoisotopic (exact) mass is 266 g/mol. The maximum absolute atomic E-state index is 12.2. The molecule has 3 rings (SSSR count). The lowest BCUT2D eigenvalue weighted by Crippen LogP contribution is -2.48. The normalized spacial score (nSPS) is 35.0. The molecular weight excluding hydrogens is 244 g/mol. The van der Waals surface area contributed by atoms with Gasteiger partial charge in [-0.05, 0) is 42.9 Å². The summed E-state index contributed by atoms with van der Waals surface area (Å²) in [5.74, 6) is -0.287. The van der Waals surface area contributed by atoms with Gasteiger partial charge in [-0.2, -0.15) is 0 Å². The highest BCUT2D eigenvalue weighted by Gasteiger charge is 2.50. The Hall–Kier alpha value is -1.26. The van der Waals surface area contributed by atoms with Crippen LogP contribution < -0.4 is 5.32 Å². The van der Waals surface area contributed by atoms with E-state index < -0.39 is 12.0 Å². The van der Waals surface area contributed by atoms with Crippen molar-refractivity contribution in [1.29, 1.82) is 0 Å². The zero-order chi connectivity index (χ0) is 13.6. The van der Waals surface area contributed by atoms with E-state index in [4.69, 9.17) is 0 Å². The lowest BCUT2D eigenvalue weighted by molar-refractivity contribution is -0.142. The van der Waals surface area contributed by atoms with Crippen molar-refractivity contribution >= 4 is 12.0 Å². The Labute approximate surface area is 113 Å². The van der Waals surface area contributed by atoms with Gasteiger partial charge < -0.3 is 15.3 Å². The number of carbonyl (C=O) groups is 2. The van der Waals surface area contributed by atoms with Gasteiger partial charge in [-0.3, -0.25) is 0 Å². The summed E-state index contributed by atoms with van der Waals surface area (Å²) in [6.07, 6.45) is 5.42. The highest BCUT2D eigenvalue weighted by Crippen LogP contribution is 2.45. The van der Waals surface area contributed by atoms with E-state index in [1.807, 2.05) is 0 Å². The molecule has 3 unspecified atom stereocenters. The Morgan fingerprint density at radius 2 is 2.11 bits per heavy atom. The molecule has 0 spiro atoms. The highest BCUT2D eigenvalue weighted by atomic mass is 16.4. The number of aliphatic carboxylic acids is 1. The van der Waals surface area contributed by atoms with E-state index >= 15 is 0 Å². The smallest absolute Gasteiger partial charge is 0.326 e. The first-order chi connectivity index (χ1) is 9.00. The topological polar surface area (TPSA) is 69.6 Å². The van der Waals surface area contributed by atoms with Crippen molar-refractivity contribution in [1.82, 2.24) is 10.2 Å². The predicted octanol–water partition coefficient (Wildman–Crippen LogP) is 1.68. The summed E-state index contributed by atoms with van der Waals surface area (Å²) >= 11 is 0. The van der Waals surface area contributed by atoms with Crippen LogP contribution in [0.3, 0.4) is 0 Å². The van der Waals surface area contributed by atoms with Crippen molar-refractivity contribution in [3.05, 3.63) is 0 Å². The number of amides is 2. The second-order valence-corrected chi connectivity index (χ2v) is 6.76. The Balaban J connectivity index is 1.65. The van der Waals surface area contributed by atoms with Crippen LogP contribution in [-0.4, -0.2) is 41.1 Å². The van der Waals surface area contributed by atoms with Gasteiger partial charge >= 0.3 is 12.0 Å². The van der Waals surface area contributed by atoms with Gasteiger partial charge in [0.1, 0.15) is 6.04 Å². The number of hydrogen-bond donors (Lipinski definition) is 2. The number of carboxylic acid groups (broad SMARTS) is 1. The molecule has 3 fully saturated rings. The van der Waals surface area contributed by atoms with Crippen molar-refractivity contribution in [3.63, 3.8) is 0 Å². The quantitative estimate of drug-likeness (QED) is 0.816. The van der Waals surface area contributed by atoms with Gasteiger partial charge in [-0.15, -0.1) is 0 Å². The van der Waals surface area contributed by atoms with E-state index in [2.05, 4.69) is 12.2 Å². The molecule has 0 aromatic heterocycles. The van der Waals surface area contributed by atoms with E-state index in [1.54, 1.807) is 4.90 Å². The van der Waals surface area contributed by atoms with Crippen molar-refractivity contribution in [2.45, 2.75) is 45.1 Å².